The van der Waals surface area contributed by atoms with E-state index in [-0.39, 0.29) is 23.6 Å². The van der Waals surface area contributed by atoms with Gasteiger partial charge >= 0.3 is 6.03 Å². The van der Waals surface area contributed by atoms with Crippen molar-refractivity contribution in [2.45, 2.75) is 31.8 Å². The fourth-order valence-electron chi connectivity index (χ4n) is 2.91. The van der Waals surface area contributed by atoms with Gasteiger partial charge in [0, 0.05) is 25.8 Å². The monoisotopic (exact) mass is 349 g/mol. The van der Waals surface area contributed by atoms with Crippen LogP contribution in [-0.2, 0) is 4.74 Å². The molecule has 8 heteroatoms. The number of benzene rings is 1. The molecule has 1 aromatic carbocycles. The van der Waals surface area contributed by atoms with Gasteiger partial charge in [-0.1, -0.05) is 0 Å². The molecule has 8 nitrogen and oxygen atoms in total. The van der Waals surface area contributed by atoms with E-state index in [1.54, 1.807) is 4.90 Å². The minimum atomic E-state index is -0.499. The Hall–Kier alpha value is -2.35. The van der Waals surface area contributed by atoms with E-state index < -0.39 is 4.92 Å². The predicted octanol–water partition coefficient (Wildman–Crippen LogP) is 3.03. The lowest BCUT2D eigenvalue weighted by Crippen LogP contribution is -2.45. The number of non-ortho nitro benzene ring substituents is 1. The van der Waals surface area contributed by atoms with Crippen LogP contribution in [0.25, 0.3) is 0 Å². The Bertz CT molecular complexity index is 647. The van der Waals surface area contributed by atoms with Crippen molar-refractivity contribution in [2.75, 3.05) is 32.1 Å². The number of carbonyl (C=O) groups excluding carboxylic acids is 1. The van der Waals surface area contributed by atoms with Gasteiger partial charge in [0.05, 0.1) is 29.9 Å². The third-order valence-electron chi connectivity index (χ3n) is 4.57. The molecule has 2 amide bonds. The van der Waals surface area contributed by atoms with E-state index in [9.17, 15) is 14.9 Å². The van der Waals surface area contributed by atoms with Gasteiger partial charge in [0.15, 0.2) is 0 Å². The Morgan fingerprint density at radius 3 is 2.88 bits per heavy atom. The topological polar surface area (TPSA) is 93.9 Å². The summed E-state index contributed by atoms with van der Waals surface area (Å²) in [4.78, 5) is 24.6. The number of amides is 2. The van der Waals surface area contributed by atoms with Crippen LogP contribution >= 0.6 is 0 Å². The van der Waals surface area contributed by atoms with Gasteiger partial charge in [0.1, 0.15) is 5.75 Å². The fourth-order valence-corrected chi connectivity index (χ4v) is 2.91. The second-order valence-electron chi connectivity index (χ2n) is 6.56. The lowest BCUT2D eigenvalue weighted by atomic mass is 10.1. The van der Waals surface area contributed by atoms with E-state index in [0.29, 0.717) is 24.7 Å². The van der Waals surface area contributed by atoms with Crippen LogP contribution in [0.5, 0.6) is 5.75 Å². The lowest BCUT2D eigenvalue weighted by molar-refractivity contribution is -0.384. The van der Waals surface area contributed by atoms with Gasteiger partial charge in [-0.15, -0.1) is 0 Å². The standard InChI is InChI=1S/C17H23N3O5/c1-24-16-9-13(20(22)23)6-7-15(16)18-17(21)19-8-2-3-14(10-19)25-11-12-4-5-12/h6-7,9,12,14H,2-5,8,10-11H2,1H3,(H,18,21)/t14-/m0/s1. The molecule has 0 aromatic heterocycles. The highest BCUT2D eigenvalue weighted by Gasteiger charge is 2.28. The zero-order valence-corrected chi connectivity index (χ0v) is 14.3. The number of piperidine rings is 1. The highest BCUT2D eigenvalue weighted by molar-refractivity contribution is 5.91. The Kier molecular flexibility index (Phi) is 5.37. The Balaban J connectivity index is 1.59. The smallest absolute Gasteiger partial charge is 0.322 e. The maximum absolute atomic E-state index is 12.5. The Morgan fingerprint density at radius 2 is 2.20 bits per heavy atom. The number of hydrogen-bond donors (Lipinski definition) is 1. The lowest BCUT2D eigenvalue weighted by Gasteiger charge is -2.32. The molecule has 2 fully saturated rings. The molecule has 1 atom stereocenters. The molecule has 1 heterocycles. The Morgan fingerprint density at radius 1 is 1.40 bits per heavy atom. The zero-order chi connectivity index (χ0) is 17.8. The third-order valence-corrected chi connectivity index (χ3v) is 4.57. The van der Waals surface area contributed by atoms with Crippen LogP contribution in [0, 0.1) is 16.0 Å². The van der Waals surface area contributed by atoms with Crippen LogP contribution in [0.2, 0.25) is 0 Å². The SMILES string of the molecule is COc1cc([N+](=O)[O-])ccc1NC(=O)N1CCC[C@H](OCC2CC2)C1. The van der Waals surface area contributed by atoms with E-state index in [1.807, 2.05) is 0 Å². The number of urea groups is 1. The molecule has 0 unspecified atom stereocenters. The second-order valence-corrected chi connectivity index (χ2v) is 6.56. The summed E-state index contributed by atoms with van der Waals surface area (Å²) in [6.07, 6.45) is 4.45. The number of hydrogen-bond acceptors (Lipinski definition) is 5. The molecule has 1 aliphatic heterocycles. The molecular formula is C17H23N3O5. The molecule has 0 bridgehead atoms. The number of anilines is 1. The molecule has 0 radical (unpaired) electrons. The second kappa shape index (κ2) is 7.69. The van der Waals surface area contributed by atoms with Crippen molar-refractivity contribution in [1.29, 1.82) is 0 Å². The van der Waals surface area contributed by atoms with Gasteiger partial charge in [-0.3, -0.25) is 10.1 Å². The average Bonchev–Trinajstić information content (AvgIpc) is 3.44. The first-order valence-electron chi connectivity index (χ1n) is 8.56. The first-order valence-corrected chi connectivity index (χ1v) is 8.56. The first-order chi connectivity index (χ1) is 12.1. The number of nitrogens with zero attached hydrogens (tertiary/aromatic N) is 2. The van der Waals surface area contributed by atoms with Crippen LogP contribution in [0.1, 0.15) is 25.7 Å². The van der Waals surface area contributed by atoms with Crippen molar-refractivity contribution in [3.63, 3.8) is 0 Å². The van der Waals surface area contributed by atoms with Gasteiger partial charge in [-0.25, -0.2) is 4.79 Å². The number of methoxy groups -OCH3 is 1. The molecule has 0 spiro atoms. The van der Waals surface area contributed by atoms with Crippen molar-refractivity contribution in [3.8, 4) is 5.75 Å². The third kappa shape index (κ3) is 4.60. The Labute approximate surface area is 146 Å². The largest absolute Gasteiger partial charge is 0.494 e. The molecule has 1 saturated heterocycles. The van der Waals surface area contributed by atoms with Crippen molar-refractivity contribution in [3.05, 3.63) is 28.3 Å². The fraction of sp³-hybridized carbons (Fsp3) is 0.588. The van der Waals surface area contributed by atoms with E-state index in [4.69, 9.17) is 9.47 Å². The van der Waals surface area contributed by atoms with Crippen LogP contribution < -0.4 is 10.1 Å². The highest BCUT2D eigenvalue weighted by atomic mass is 16.6. The normalized spacial score (nSPS) is 20.2. The first kappa shape index (κ1) is 17.5. The summed E-state index contributed by atoms with van der Waals surface area (Å²) in [5.74, 6) is 0.967. The average molecular weight is 349 g/mol. The van der Waals surface area contributed by atoms with Gasteiger partial charge in [-0.2, -0.15) is 0 Å². The van der Waals surface area contributed by atoms with Gasteiger partial charge in [0.25, 0.3) is 5.69 Å². The number of nitrogens with one attached hydrogen (secondary N) is 1. The van der Waals surface area contributed by atoms with Gasteiger partial charge in [-0.05, 0) is 37.7 Å². The number of carbonyl (C=O) groups is 1. The van der Waals surface area contributed by atoms with Crippen LogP contribution in [0.4, 0.5) is 16.2 Å². The van der Waals surface area contributed by atoms with Crippen LogP contribution in [0.15, 0.2) is 18.2 Å². The quantitative estimate of drug-likeness (QED) is 0.629. The molecular weight excluding hydrogens is 326 g/mol. The number of nitro benzene ring substituents is 1. The number of likely N-dealkylation sites (tertiary alicyclic amines) is 1. The van der Waals surface area contributed by atoms with E-state index in [2.05, 4.69) is 5.32 Å². The number of nitro groups is 1. The minimum Gasteiger partial charge on any atom is -0.494 e. The summed E-state index contributed by atoms with van der Waals surface area (Å²) < 4.78 is 11.1. The molecule has 25 heavy (non-hydrogen) atoms. The summed E-state index contributed by atoms with van der Waals surface area (Å²) in [7, 11) is 1.41. The summed E-state index contributed by atoms with van der Waals surface area (Å²) in [6.45, 7) is 2.02. The predicted molar refractivity (Wildman–Crippen MR) is 91.9 cm³/mol. The van der Waals surface area contributed by atoms with Crippen molar-refractivity contribution in [1.82, 2.24) is 4.90 Å². The van der Waals surface area contributed by atoms with E-state index in [1.165, 1.54) is 38.2 Å². The molecule has 2 aliphatic rings. The molecule has 1 N–H and O–H groups in total. The van der Waals surface area contributed by atoms with E-state index in [0.717, 1.165) is 19.4 Å². The molecule has 3 rings (SSSR count). The van der Waals surface area contributed by atoms with Crippen molar-refractivity contribution >= 4 is 17.4 Å². The summed E-state index contributed by atoms with van der Waals surface area (Å²) in [5.41, 5.74) is 0.334. The molecule has 1 aliphatic carbocycles. The van der Waals surface area contributed by atoms with Gasteiger partial charge < -0.3 is 19.7 Å². The summed E-state index contributed by atoms with van der Waals surface area (Å²) in [6, 6.07) is 3.88. The zero-order valence-electron chi connectivity index (χ0n) is 14.3. The highest BCUT2D eigenvalue weighted by Crippen LogP contribution is 2.31. The maximum Gasteiger partial charge on any atom is 0.322 e. The maximum atomic E-state index is 12.5. The number of rotatable bonds is 6. The van der Waals surface area contributed by atoms with Crippen molar-refractivity contribution < 1.29 is 19.2 Å². The molecule has 136 valence electrons. The van der Waals surface area contributed by atoms with Crippen molar-refractivity contribution in [2.24, 2.45) is 5.92 Å². The summed E-state index contributed by atoms with van der Waals surface area (Å²) >= 11 is 0. The number of ether oxygens (including phenoxy) is 2. The molecule has 1 aromatic rings. The minimum absolute atomic E-state index is 0.0821. The summed E-state index contributed by atoms with van der Waals surface area (Å²) in [5, 5.41) is 13.6. The van der Waals surface area contributed by atoms with Crippen LogP contribution in [0.3, 0.4) is 0 Å². The van der Waals surface area contributed by atoms with E-state index >= 15 is 0 Å². The molecule has 1 saturated carbocycles. The van der Waals surface area contributed by atoms with Gasteiger partial charge in [0.2, 0.25) is 0 Å². The van der Waals surface area contributed by atoms with Crippen LogP contribution in [-0.4, -0.2) is 48.8 Å².